The van der Waals surface area contributed by atoms with E-state index in [1.54, 1.807) is 24.3 Å². The van der Waals surface area contributed by atoms with Gasteiger partial charge in [-0.1, -0.05) is 34.1 Å². The zero-order chi connectivity index (χ0) is 22.8. The average molecular weight is 506 g/mol. The van der Waals surface area contributed by atoms with Gasteiger partial charge in [0.15, 0.2) is 0 Å². The van der Waals surface area contributed by atoms with Gasteiger partial charge in [0.25, 0.3) is 5.91 Å². The smallest absolute Gasteiger partial charge is 0.349 e. The fourth-order valence-electron chi connectivity index (χ4n) is 3.86. The molecule has 2 aromatic carbocycles. The molecule has 1 aliphatic heterocycles. The minimum absolute atomic E-state index is 0.0859. The van der Waals surface area contributed by atoms with Crippen molar-refractivity contribution in [2.24, 2.45) is 0 Å². The zero-order valence-corrected chi connectivity index (χ0v) is 19.2. The lowest BCUT2D eigenvalue weighted by Gasteiger charge is -2.36. The van der Waals surface area contributed by atoms with Crippen LogP contribution in [-0.4, -0.2) is 42.1 Å². The number of aromatic nitrogens is 2. The minimum atomic E-state index is -0.700. The molecule has 4 aromatic rings. The lowest BCUT2D eigenvalue weighted by molar-refractivity contribution is 0.102. The van der Waals surface area contributed by atoms with Gasteiger partial charge in [0.2, 0.25) is 0 Å². The largest absolute Gasteiger partial charge is 0.422 e. The number of hydrogen-bond donors (Lipinski definition) is 1. The number of fused-ring (bicyclic) bond motifs is 1. The van der Waals surface area contributed by atoms with Crippen LogP contribution >= 0.6 is 15.9 Å². The summed E-state index contributed by atoms with van der Waals surface area (Å²) in [7, 11) is 0. The number of nitrogens with one attached hydrogen (secondary N) is 1. The molecule has 0 atom stereocenters. The number of rotatable bonds is 4. The number of carbonyl (C=O) groups is 1. The quantitative estimate of drug-likeness (QED) is 0.420. The molecule has 1 amide bonds. The predicted octanol–water partition coefficient (Wildman–Crippen LogP) is 3.92. The van der Waals surface area contributed by atoms with Crippen molar-refractivity contribution in [3.05, 3.63) is 87.4 Å². The van der Waals surface area contributed by atoms with E-state index < -0.39 is 11.5 Å². The number of halogens is 1. The molecule has 0 bridgehead atoms. The fourth-order valence-corrected chi connectivity index (χ4v) is 4.24. The molecule has 0 spiro atoms. The van der Waals surface area contributed by atoms with Crippen LogP contribution in [0.15, 0.2) is 80.7 Å². The van der Waals surface area contributed by atoms with Crippen molar-refractivity contribution in [1.29, 1.82) is 0 Å². The van der Waals surface area contributed by atoms with Gasteiger partial charge in [-0.2, -0.15) is 0 Å². The van der Waals surface area contributed by atoms with Crippen LogP contribution in [0.5, 0.6) is 0 Å². The van der Waals surface area contributed by atoms with Crippen LogP contribution in [-0.2, 0) is 0 Å². The van der Waals surface area contributed by atoms with Crippen LogP contribution < -0.4 is 20.7 Å². The van der Waals surface area contributed by atoms with Gasteiger partial charge in [0, 0.05) is 47.8 Å². The topological polar surface area (TPSA) is 91.6 Å². The predicted molar refractivity (Wildman–Crippen MR) is 131 cm³/mol. The van der Waals surface area contributed by atoms with Gasteiger partial charge in [0.05, 0.1) is 0 Å². The number of piperazine rings is 1. The number of para-hydroxylation sites is 1. The van der Waals surface area contributed by atoms with Crippen molar-refractivity contribution < 1.29 is 9.21 Å². The maximum atomic E-state index is 12.8. The molecule has 1 aliphatic rings. The maximum Gasteiger partial charge on any atom is 0.349 e. The van der Waals surface area contributed by atoms with E-state index in [4.69, 9.17) is 4.42 Å². The summed E-state index contributed by atoms with van der Waals surface area (Å²) in [6.45, 7) is 3.32. The first-order valence-electron chi connectivity index (χ1n) is 10.5. The second-order valence-electron chi connectivity index (χ2n) is 7.65. The van der Waals surface area contributed by atoms with Gasteiger partial charge in [0.1, 0.15) is 29.1 Å². The van der Waals surface area contributed by atoms with Crippen molar-refractivity contribution in [3.8, 4) is 0 Å². The van der Waals surface area contributed by atoms with E-state index in [2.05, 4.69) is 53.1 Å². The fraction of sp³-hybridized carbons (Fsp3) is 0.167. The van der Waals surface area contributed by atoms with Crippen molar-refractivity contribution in [1.82, 2.24) is 9.97 Å². The highest BCUT2D eigenvalue weighted by Crippen LogP contribution is 2.22. The number of amides is 1. The molecule has 0 unspecified atom stereocenters. The van der Waals surface area contributed by atoms with Gasteiger partial charge >= 0.3 is 5.63 Å². The first-order chi connectivity index (χ1) is 16.1. The normalized spacial score (nSPS) is 13.8. The SMILES string of the molecule is O=C(Nc1cc(N2CCN(c3ccccc3)CC2)ncn1)c1cc2cc(Br)ccc2oc1=O. The minimum Gasteiger partial charge on any atom is -0.422 e. The lowest BCUT2D eigenvalue weighted by atomic mass is 10.2. The van der Waals surface area contributed by atoms with Crippen molar-refractivity contribution >= 4 is 50.1 Å². The second-order valence-corrected chi connectivity index (χ2v) is 8.57. The van der Waals surface area contributed by atoms with E-state index in [0.29, 0.717) is 16.8 Å². The summed E-state index contributed by atoms with van der Waals surface area (Å²) in [5.41, 5.74) is 0.832. The summed E-state index contributed by atoms with van der Waals surface area (Å²) in [4.78, 5) is 38.1. The summed E-state index contributed by atoms with van der Waals surface area (Å²) >= 11 is 3.38. The lowest BCUT2D eigenvalue weighted by Crippen LogP contribution is -2.46. The van der Waals surface area contributed by atoms with Gasteiger partial charge in [-0.05, 0) is 36.4 Å². The van der Waals surface area contributed by atoms with Crippen LogP contribution in [0.25, 0.3) is 11.0 Å². The van der Waals surface area contributed by atoms with Gasteiger partial charge in [-0.25, -0.2) is 14.8 Å². The van der Waals surface area contributed by atoms with E-state index in [1.165, 1.54) is 18.1 Å². The number of anilines is 3. The summed E-state index contributed by atoms with van der Waals surface area (Å²) < 4.78 is 6.11. The molecular weight excluding hydrogens is 486 g/mol. The summed E-state index contributed by atoms with van der Waals surface area (Å²) in [5, 5.41) is 3.34. The number of hydrogen-bond acceptors (Lipinski definition) is 7. The summed E-state index contributed by atoms with van der Waals surface area (Å²) in [6.07, 6.45) is 1.41. The van der Waals surface area contributed by atoms with Crippen molar-refractivity contribution in [2.75, 3.05) is 41.3 Å². The van der Waals surface area contributed by atoms with Crippen LogP contribution in [0.2, 0.25) is 0 Å². The Hall–Kier alpha value is -3.72. The number of nitrogens with zero attached hydrogens (tertiary/aromatic N) is 4. The Morgan fingerprint density at radius 1 is 0.939 bits per heavy atom. The molecule has 8 nitrogen and oxygen atoms in total. The molecule has 1 saturated heterocycles. The molecule has 0 saturated carbocycles. The molecular formula is C24H20BrN5O3. The van der Waals surface area contributed by atoms with E-state index in [1.807, 2.05) is 18.2 Å². The Morgan fingerprint density at radius 2 is 1.70 bits per heavy atom. The van der Waals surface area contributed by atoms with Gasteiger partial charge in [-0.15, -0.1) is 0 Å². The summed E-state index contributed by atoms with van der Waals surface area (Å²) in [5.74, 6) is 0.468. The first kappa shape index (κ1) is 21.1. The molecule has 1 N–H and O–H groups in total. The molecule has 3 heterocycles. The highest BCUT2D eigenvalue weighted by Gasteiger charge is 2.20. The Labute approximate surface area is 198 Å². The Balaban J connectivity index is 1.30. The molecule has 2 aromatic heterocycles. The molecule has 9 heteroatoms. The third kappa shape index (κ3) is 4.58. The maximum absolute atomic E-state index is 12.8. The van der Waals surface area contributed by atoms with Crippen LogP contribution in [0, 0.1) is 0 Å². The Morgan fingerprint density at radius 3 is 2.48 bits per heavy atom. The Kier molecular flexibility index (Phi) is 5.78. The summed E-state index contributed by atoms with van der Waals surface area (Å²) in [6, 6.07) is 18.8. The standard InChI is InChI=1S/C24H20BrN5O3/c25-17-6-7-20-16(12-17)13-19(24(32)33-20)23(31)28-21-14-22(27-15-26-21)30-10-8-29(9-11-30)18-4-2-1-3-5-18/h1-7,12-15H,8-11H2,(H,26,27,28,31). The van der Waals surface area contributed by atoms with Gasteiger partial charge < -0.3 is 19.5 Å². The van der Waals surface area contributed by atoms with E-state index in [0.717, 1.165) is 36.5 Å². The van der Waals surface area contributed by atoms with Crippen molar-refractivity contribution in [2.45, 2.75) is 0 Å². The number of benzene rings is 2. The van der Waals surface area contributed by atoms with E-state index in [-0.39, 0.29) is 5.56 Å². The molecule has 1 fully saturated rings. The molecule has 0 radical (unpaired) electrons. The van der Waals surface area contributed by atoms with Crippen molar-refractivity contribution in [3.63, 3.8) is 0 Å². The zero-order valence-electron chi connectivity index (χ0n) is 17.6. The highest BCUT2D eigenvalue weighted by molar-refractivity contribution is 9.10. The highest BCUT2D eigenvalue weighted by atomic mass is 79.9. The van der Waals surface area contributed by atoms with Gasteiger partial charge in [-0.3, -0.25) is 4.79 Å². The third-order valence-electron chi connectivity index (χ3n) is 5.56. The molecule has 166 valence electrons. The first-order valence-corrected chi connectivity index (χ1v) is 11.3. The molecule has 33 heavy (non-hydrogen) atoms. The van der Waals surface area contributed by atoms with Crippen LogP contribution in [0.4, 0.5) is 17.3 Å². The molecule has 0 aliphatic carbocycles. The monoisotopic (exact) mass is 505 g/mol. The second kappa shape index (κ2) is 9.03. The van der Waals surface area contributed by atoms with Crippen LogP contribution in [0.3, 0.4) is 0 Å². The average Bonchev–Trinajstić information content (AvgIpc) is 2.84. The molecule has 5 rings (SSSR count). The van der Waals surface area contributed by atoms with E-state index >= 15 is 0 Å². The van der Waals surface area contributed by atoms with Crippen LogP contribution in [0.1, 0.15) is 10.4 Å². The third-order valence-corrected chi connectivity index (χ3v) is 6.05. The number of carbonyl (C=O) groups excluding carboxylic acids is 1. The van der Waals surface area contributed by atoms with E-state index in [9.17, 15) is 9.59 Å². The Bertz CT molecular complexity index is 1370.